The summed E-state index contributed by atoms with van der Waals surface area (Å²) in [6, 6.07) is 6.59. The van der Waals surface area contributed by atoms with Crippen LogP contribution >= 0.6 is 0 Å². The number of aromatic nitrogens is 6. The summed E-state index contributed by atoms with van der Waals surface area (Å²) in [5, 5.41) is 27.8. The van der Waals surface area contributed by atoms with Crippen LogP contribution in [-0.2, 0) is 19.3 Å². The van der Waals surface area contributed by atoms with Crippen LogP contribution in [0.2, 0.25) is 0 Å². The van der Waals surface area contributed by atoms with Gasteiger partial charge in [-0.15, -0.1) is 0 Å². The lowest BCUT2D eigenvalue weighted by Crippen LogP contribution is -2.44. The van der Waals surface area contributed by atoms with E-state index in [-0.39, 0.29) is 31.5 Å². The molecule has 4 aliphatic heterocycles. The van der Waals surface area contributed by atoms with Crippen LogP contribution in [-0.4, -0.2) is 91.2 Å². The first-order chi connectivity index (χ1) is 28.1. The Labute approximate surface area is 329 Å². The molecule has 10 rings (SSSR count). The zero-order chi connectivity index (χ0) is 39.8. The first kappa shape index (κ1) is 35.8. The number of fused-ring (bicyclic) bond motifs is 2. The summed E-state index contributed by atoms with van der Waals surface area (Å²) in [4.78, 5) is 41.3. The lowest BCUT2D eigenvalue weighted by Gasteiger charge is -2.30. The molecular formula is C40H39F2N11O5. The minimum absolute atomic E-state index is 0.0378. The quantitative estimate of drug-likeness (QED) is 0.205. The molecular weight excluding hydrogens is 753 g/mol. The zero-order valence-electron chi connectivity index (χ0n) is 31.6. The number of hydrogen-bond donors (Lipinski definition) is 4. The van der Waals surface area contributed by atoms with E-state index in [1.807, 2.05) is 20.0 Å². The van der Waals surface area contributed by atoms with Crippen molar-refractivity contribution in [2.24, 2.45) is 0 Å². The van der Waals surface area contributed by atoms with Crippen molar-refractivity contribution in [3.63, 3.8) is 0 Å². The molecule has 2 aromatic carbocycles. The fraction of sp³-hybridized carbons (Fsp3) is 0.350. The predicted octanol–water partition coefficient (Wildman–Crippen LogP) is 3.91. The molecule has 4 bridgehead atoms. The van der Waals surface area contributed by atoms with Crippen molar-refractivity contribution >= 4 is 40.6 Å². The van der Waals surface area contributed by atoms with Gasteiger partial charge in [0.05, 0.1) is 49.4 Å². The Morgan fingerprint density at radius 3 is 2.41 bits per heavy atom. The van der Waals surface area contributed by atoms with E-state index in [2.05, 4.69) is 30.8 Å². The summed E-state index contributed by atoms with van der Waals surface area (Å²) in [6.07, 6.45) is 5.62. The van der Waals surface area contributed by atoms with Gasteiger partial charge in [0.2, 0.25) is 0 Å². The molecule has 0 aliphatic carbocycles. The lowest BCUT2D eigenvalue weighted by molar-refractivity contribution is 0.0927. The van der Waals surface area contributed by atoms with E-state index in [0.29, 0.717) is 88.4 Å². The number of hydrogen-bond acceptors (Lipinski definition) is 11. The number of rotatable bonds is 3. The Hall–Kier alpha value is -6.56. The topological polar surface area (TPSA) is 176 Å². The van der Waals surface area contributed by atoms with Crippen molar-refractivity contribution in [2.75, 3.05) is 48.0 Å². The highest BCUT2D eigenvalue weighted by atomic mass is 19.1. The van der Waals surface area contributed by atoms with Gasteiger partial charge < -0.3 is 40.3 Å². The number of ether oxygens (including phenoxy) is 2. The number of urea groups is 1. The summed E-state index contributed by atoms with van der Waals surface area (Å²) in [5.74, 6) is 0.946. The lowest BCUT2D eigenvalue weighted by atomic mass is 10.0. The summed E-state index contributed by atoms with van der Waals surface area (Å²) in [6.45, 7) is 4.65. The number of aliphatic hydroxyl groups is 1. The van der Waals surface area contributed by atoms with Crippen molar-refractivity contribution in [1.29, 1.82) is 0 Å². The van der Waals surface area contributed by atoms with Crippen LogP contribution in [0.25, 0.3) is 11.3 Å². The van der Waals surface area contributed by atoms with Gasteiger partial charge in [0.1, 0.15) is 58.7 Å². The first-order valence-corrected chi connectivity index (χ1v) is 19.3. The molecule has 4 atom stereocenters. The van der Waals surface area contributed by atoms with Crippen molar-refractivity contribution in [3.05, 3.63) is 100 Å². The van der Waals surface area contributed by atoms with Crippen molar-refractivity contribution in [2.45, 2.75) is 57.3 Å². The molecule has 0 saturated carbocycles. The van der Waals surface area contributed by atoms with Crippen LogP contribution in [0.5, 0.6) is 11.5 Å². The fourth-order valence-corrected chi connectivity index (χ4v) is 8.62. The molecule has 8 heterocycles. The number of amides is 3. The molecule has 58 heavy (non-hydrogen) atoms. The third-order valence-corrected chi connectivity index (χ3v) is 11.6. The van der Waals surface area contributed by atoms with E-state index in [1.54, 1.807) is 21.2 Å². The fourth-order valence-electron chi connectivity index (χ4n) is 8.62. The number of nitrogens with one attached hydrogen (secondary N) is 3. The number of halogens is 2. The van der Waals surface area contributed by atoms with Crippen LogP contribution in [0.15, 0.2) is 55.0 Å². The Morgan fingerprint density at radius 2 is 1.62 bits per heavy atom. The molecule has 298 valence electrons. The van der Waals surface area contributed by atoms with Gasteiger partial charge in [-0.1, -0.05) is 0 Å². The summed E-state index contributed by atoms with van der Waals surface area (Å²) < 4.78 is 46.1. The second-order valence-electron chi connectivity index (χ2n) is 15.1. The van der Waals surface area contributed by atoms with Gasteiger partial charge in [-0.2, -0.15) is 10.2 Å². The van der Waals surface area contributed by atoms with Crippen LogP contribution in [0.4, 0.5) is 30.9 Å². The highest BCUT2D eigenvalue weighted by Crippen LogP contribution is 2.42. The van der Waals surface area contributed by atoms with Crippen molar-refractivity contribution in [3.8, 4) is 11.5 Å². The predicted molar refractivity (Wildman–Crippen MR) is 207 cm³/mol. The normalized spacial score (nSPS) is 21.6. The van der Waals surface area contributed by atoms with Crippen LogP contribution < -0.4 is 35.2 Å². The minimum atomic E-state index is -0.780. The molecule has 0 spiro atoms. The maximum absolute atomic E-state index is 15.1. The van der Waals surface area contributed by atoms with E-state index in [4.69, 9.17) is 24.5 Å². The Kier molecular flexibility index (Phi) is 8.54. The Balaban J connectivity index is 1.09. The van der Waals surface area contributed by atoms with Gasteiger partial charge in [0.15, 0.2) is 11.3 Å². The molecule has 1 unspecified atom stereocenters. The molecule has 18 heteroatoms. The summed E-state index contributed by atoms with van der Waals surface area (Å²) in [5.41, 5.74) is 5.10. The van der Waals surface area contributed by atoms with E-state index >= 15 is 4.39 Å². The van der Waals surface area contributed by atoms with Crippen LogP contribution in [0, 0.1) is 11.6 Å². The molecule has 4 aromatic heterocycles. The first-order valence-electron chi connectivity index (χ1n) is 19.3. The molecule has 3 amide bonds. The van der Waals surface area contributed by atoms with E-state index < -0.39 is 42.5 Å². The summed E-state index contributed by atoms with van der Waals surface area (Å²) in [7, 11) is 0. The number of anilines is 3. The second-order valence-corrected chi connectivity index (χ2v) is 15.1. The smallest absolute Gasteiger partial charge is 0.319 e. The molecule has 0 saturated heterocycles. The SMILES string of the molecule is C[C@@H]1c2cc(F)ccc2O[C@@H](Cc2c3c4nc5c(cnn25)NC(=O)NC(CO)COc2ccc(F)cc2[C@@H](C)N4CC3)CNC(=O)c2cnn3cc4c(nc23)N1CC4. The highest BCUT2D eigenvalue weighted by Gasteiger charge is 2.35. The van der Waals surface area contributed by atoms with Crippen molar-refractivity contribution in [1.82, 2.24) is 39.8 Å². The maximum atomic E-state index is 15.1. The molecule has 0 fully saturated rings. The molecule has 0 radical (unpaired) electrons. The Bertz CT molecular complexity index is 2650. The summed E-state index contributed by atoms with van der Waals surface area (Å²) >= 11 is 0. The highest BCUT2D eigenvalue weighted by molar-refractivity contribution is 6.00. The van der Waals surface area contributed by atoms with Gasteiger partial charge >= 0.3 is 6.03 Å². The largest absolute Gasteiger partial charge is 0.491 e. The van der Waals surface area contributed by atoms with Gasteiger partial charge in [-0.05, 0) is 63.1 Å². The third kappa shape index (κ3) is 5.97. The number of nitrogens with zero attached hydrogens (tertiary/aromatic N) is 8. The second kappa shape index (κ2) is 13.8. The monoisotopic (exact) mass is 791 g/mol. The molecule has 4 aliphatic rings. The maximum Gasteiger partial charge on any atom is 0.319 e. The number of benzene rings is 2. The minimum Gasteiger partial charge on any atom is -0.491 e. The molecule has 6 aromatic rings. The van der Waals surface area contributed by atoms with Gasteiger partial charge in [-0.3, -0.25) is 4.79 Å². The van der Waals surface area contributed by atoms with Crippen LogP contribution in [0.1, 0.15) is 64.2 Å². The van der Waals surface area contributed by atoms with Crippen LogP contribution in [0.3, 0.4) is 0 Å². The van der Waals surface area contributed by atoms with E-state index in [1.165, 1.54) is 36.7 Å². The number of carbonyl (C=O) groups excluding carboxylic acids is 2. The third-order valence-electron chi connectivity index (χ3n) is 11.6. The Morgan fingerprint density at radius 1 is 0.897 bits per heavy atom. The molecule has 16 nitrogen and oxygen atoms in total. The van der Waals surface area contributed by atoms with E-state index in [9.17, 15) is 19.1 Å². The average molecular weight is 792 g/mol. The van der Waals surface area contributed by atoms with E-state index in [0.717, 1.165) is 11.1 Å². The standard InChI is InChI=1S/C40H39F2N11O5/c1-20-28-11-23(41)3-5-33(28)57-19-25(18-54)46-40(56)47-31-16-45-53-32(27-8-10-51(20)36(27)49-38(31)53)13-26-14-43-39(55)30-15-44-52-17-22-7-9-50(35(22)48-37(30)52)21(2)29-12-24(42)4-6-34(29)58-26/h3-6,11-12,15-17,20-21,25-26,54H,7-10,13-14,18-19H2,1-2H3,(H,43,55)(H2,46,47,56)/t20-,21-,25?,26+/m1/s1. The molecule has 4 N–H and O–H groups in total. The van der Waals surface area contributed by atoms with Gasteiger partial charge in [0.25, 0.3) is 5.91 Å². The average Bonchev–Trinajstić information content (AvgIpc) is 4.02. The zero-order valence-corrected chi connectivity index (χ0v) is 31.6. The number of aliphatic hydroxyl groups excluding tert-OH is 1. The van der Waals surface area contributed by atoms with Gasteiger partial charge in [0, 0.05) is 48.0 Å². The van der Waals surface area contributed by atoms with Gasteiger partial charge in [-0.25, -0.2) is 32.6 Å². The number of carbonyl (C=O) groups is 2. The van der Waals surface area contributed by atoms with Crippen molar-refractivity contribution < 1.29 is 33.0 Å².